The molecule has 136 valence electrons. The number of halogens is 2. The molecule has 1 aromatic carbocycles. The largest absolute Gasteiger partial charge is 0.487 e. The van der Waals surface area contributed by atoms with Gasteiger partial charge in [-0.15, -0.1) is 11.3 Å². The second-order valence-electron chi connectivity index (χ2n) is 6.21. The summed E-state index contributed by atoms with van der Waals surface area (Å²) in [6, 6.07) is 5.06. The number of aromatic carboxylic acids is 1. The van der Waals surface area contributed by atoms with E-state index < -0.39 is 5.97 Å². The van der Waals surface area contributed by atoms with Crippen molar-refractivity contribution >= 4 is 50.7 Å². The molecule has 26 heavy (non-hydrogen) atoms. The topological polar surface area (TPSA) is 74.3 Å². The number of hydrogen-bond acceptors (Lipinski definition) is 4. The first-order valence-electron chi connectivity index (χ1n) is 8.23. The smallest absolute Gasteiger partial charge is 0.353 e. The lowest BCUT2D eigenvalue weighted by Crippen LogP contribution is -2.34. The maximum absolute atomic E-state index is 11.8. The van der Waals surface area contributed by atoms with Gasteiger partial charge in [0, 0.05) is 21.0 Å². The van der Waals surface area contributed by atoms with Crippen molar-refractivity contribution in [1.29, 1.82) is 0 Å². The van der Waals surface area contributed by atoms with E-state index in [9.17, 15) is 9.90 Å². The molecule has 1 aliphatic rings. The van der Waals surface area contributed by atoms with Gasteiger partial charge in [0.15, 0.2) is 5.75 Å². The molecule has 1 aliphatic heterocycles. The predicted molar refractivity (Wildman–Crippen MR) is 105 cm³/mol. The number of thiophene rings is 1. The fourth-order valence-electron chi connectivity index (χ4n) is 3.26. The number of fused-ring (bicyclic) bond motifs is 1. The van der Waals surface area contributed by atoms with Gasteiger partial charge in [-0.25, -0.2) is 4.79 Å². The molecule has 0 amide bonds. The van der Waals surface area contributed by atoms with Crippen LogP contribution in [0.2, 0.25) is 10.0 Å². The highest BCUT2D eigenvalue weighted by Gasteiger charge is 2.24. The molecule has 0 radical (unpaired) electrons. The van der Waals surface area contributed by atoms with Crippen LogP contribution in [0.3, 0.4) is 0 Å². The maximum atomic E-state index is 11.8. The highest BCUT2D eigenvalue weighted by molar-refractivity contribution is 7.18. The quantitative estimate of drug-likeness (QED) is 0.563. The Hall–Kier alpha value is -1.73. The van der Waals surface area contributed by atoms with Crippen molar-refractivity contribution in [2.45, 2.75) is 18.9 Å². The zero-order chi connectivity index (χ0) is 18.3. The number of carbonyl (C=O) groups is 1. The second-order valence-corrected chi connectivity index (χ2v) is 7.96. The van der Waals surface area contributed by atoms with Crippen LogP contribution in [-0.4, -0.2) is 35.3 Å². The minimum Gasteiger partial charge on any atom is -0.487 e. The van der Waals surface area contributed by atoms with Crippen molar-refractivity contribution in [1.82, 2.24) is 10.3 Å². The predicted octanol–water partition coefficient (Wildman–Crippen LogP) is 5.03. The summed E-state index contributed by atoms with van der Waals surface area (Å²) in [5.41, 5.74) is 2.07. The molecular weight excluding hydrogens is 395 g/mol. The average Bonchev–Trinajstić information content (AvgIpc) is 3.15. The van der Waals surface area contributed by atoms with Crippen LogP contribution < -0.4 is 10.1 Å². The third-order valence-electron chi connectivity index (χ3n) is 4.43. The lowest BCUT2D eigenvalue weighted by molar-refractivity contribution is 0.0692. The van der Waals surface area contributed by atoms with Gasteiger partial charge >= 0.3 is 5.97 Å². The van der Waals surface area contributed by atoms with Crippen LogP contribution in [0, 0.1) is 0 Å². The summed E-state index contributed by atoms with van der Waals surface area (Å²) in [5, 5.41) is 15.8. The van der Waals surface area contributed by atoms with E-state index in [2.05, 4.69) is 10.3 Å². The summed E-state index contributed by atoms with van der Waals surface area (Å²) in [6.45, 7) is 1.85. The summed E-state index contributed by atoms with van der Waals surface area (Å²) < 4.78 is 6.96. The minimum atomic E-state index is -1.03. The highest BCUT2D eigenvalue weighted by atomic mass is 35.5. The number of nitrogens with one attached hydrogen (secondary N) is 2. The van der Waals surface area contributed by atoms with E-state index in [1.807, 2.05) is 5.38 Å². The zero-order valence-corrected chi connectivity index (χ0v) is 16.0. The molecule has 0 unspecified atom stereocenters. The van der Waals surface area contributed by atoms with Crippen molar-refractivity contribution in [2.75, 3.05) is 13.1 Å². The molecule has 2 aromatic heterocycles. The van der Waals surface area contributed by atoms with Crippen LogP contribution in [0.4, 0.5) is 0 Å². The Bertz CT molecular complexity index is 956. The first-order valence-corrected chi connectivity index (χ1v) is 9.87. The van der Waals surface area contributed by atoms with E-state index in [0.717, 1.165) is 30.6 Å². The van der Waals surface area contributed by atoms with Gasteiger partial charge in [0.2, 0.25) is 0 Å². The number of benzene rings is 1. The first kappa shape index (κ1) is 17.7. The number of rotatable bonds is 4. The Morgan fingerprint density at radius 3 is 2.54 bits per heavy atom. The summed E-state index contributed by atoms with van der Waals surface area (Å²) >= 11 is 13.7. The zero-order valence-electron chi connectivity index (χ0n) is 13.6. The highest BCUT2D eigenvalue weighted by Crippen LogP contribution is 2.43. The van der Waals surface area contributed by atoms with Crippen molar-refractivity contribution in [3.05, 3.63) is 39.3 Å². The fraction of sp³-hybridized carbons (Fsp3) is 0.278. The number of piperidine rings is 1. The molecule has 1 saturated heterocycles. The fourth-order valence-corrected chi connectivity index (χ4v) is 4.79. The molecule has 5 nitrogen and oxygen atoms in total. The van der Waals surface area contributed by atoms with E-state index in [0.29, 0.717) is 32.4 Å². The van der Waals surface area contributed by atoms with Crippen molar-refractivity contribution in [2.24, 2.45) is 0 Å². The molecule has 8 heteroatoms. The van der Waals surface area contributed by atoms with Crippen LogP contribution in [0.1, 0.15) is 23.3 Å². The van der Waals surface area contributed by atoms with Gasteiger partial charge < -0.3 is 20.1 Å². The Balaban J connectivity index is 1.81. The van der Waals surface area contributed by atoms with Gasteiger partial charge in [-0.3, -0.25) is 0 Å². The third-order valence-corrected chi connectivity index (χ3v) is 5.84. The Kier molecular flexibility index (Phi) is 4.84. The Morgan fingerprint density at radius 1 is 1.19 bits per heavy atom. The average molecular weight is 411 g/mol. The van der Waals surface area contributed by atoms with E-state index in [1.165, 1.54) is 11.3 Å². The van der Waals surface area contributed by atoms with E-state index >= 15 is 0 Å². The lowest BCUT2D eigenvalue weighted by atomic mass is 10.1. The van der Waals surface area contributed by atoms with Gasteiger partial charge in [0.1, 0.15) is 17.3 Å². The molecule has 4 rings (SSSR count). The van der Waals surface area contributed by atoms with Crippen molar-refractivity contribution < 1.29 is 14.6 Å². The van der Waals surface area contributed by atoms with Crippen molar-refractivity contribution in [3.8, 4) is 16.9 Å². The number of carboxylic acid groups (broad SMARTS) is 1. The number of hydrogen-bond donors (Lipinski definition) is 3. The standard InChI is InChI=1S/C18H16Cl2N2O3S/c19-10-5-9(6-11(20)7-10)14-16(18(23)24)22-15-13(8-26-17(14)15)25-12-1-3-21-4-2-12/h5-8,12,21-22H,1-4H2,(H,23,24). The number of H-pyrrole nitrogens is 1. The van der Waals surface area contributed by atoms with Gasteiger partial charge in [0.05, 0.1) is 4.70 Å². The van der Waals surface area contributed by atoms with Gasteiger partial charge in [-0.1, -0.05) is 23.2 Å². The summed E-state index contributed by atoms with van der Waals surface area (Å²) in [5.74, 6) is -0.342. The normalized spacial score (nSPS) is 15.5. The van der Waals surface area contributed by atoms with Gasteiger partial charge in [-0.05, 0) is 49.7 Å². The molecule has 3 aromatic rings. The molecule has 0 atom stereocenters. The van der Waals surface area contributed by atoms with Crippen LogP contribution in [0.25, 0.3) is 21.3 Å². The number of aromatic amines is 1. The molecule has 0 saturated carbocycles. The van der Waals surface area contributed by atoms with Crippen molar-refractivity contribution in [3.63, 3.8) is 0 Å². The number of aromatic nitrogens is 1. The van der Waals surface area contributed by atoms with Gasteiger partial charge in [0.25, 0.3) is 0 Å². The molecular formula is C18H16Cl2N2O3S. The summed E-state index contributed by atoms with van der Waals surface area (Å²) in [6.07, 6.45) is 2.00. The monoisotopic (exact) mass is 410 g/mol. The van der Waals surface area contributed by atoms with E-state index in [-0.39, 0.29) is 11.8 Å². The molecule has 3 heterocycles. The molecule has 0 aliphatic carbocycles. The lowest BCUT2D eigenvalue weighted by Gasteiger charge is -2.23. The van der Waals surface area contributed by atoms with Crippen LogP contribution >= 0.6 is 34.5 Å². The third kappa shape index (κ3) is 3.30. The summed E-state index contributed by atoms with van der Waals surface area (Å²) in [7, 11) is 0. The first-order chi connectivity index (χ1) is 12.5. The minimum absolute atomic E-state index is 0.111. The maximum Gasteiger partial charge on any atom is 0.353 e. The van der Waals surface area contributed by atoms with Crippen LogP contribution in [-0.2, 0) is 0 Å². The van der Waals surface area contributed by atoms with Crippen LogP contribution in [0.15, 0.2) is 23.6 Å². The van der Waals surface area contributed by atoms with Gasteiger partial charge in [-0.2, -0.15) is 0 Å². The van der Waals surface area contributed by atoms with E-state index in [1.54, 1.807) is 18.2 Å². The molecule has 1 fully saturated rings. The molecule has 3 N–H and O–H groups in total. The SMILES string of the molecule is O=C(O)c1[nH]c2c(OC3CCNCC3)csc2c1-c1cc(Cl)cc(Cl)c1. The second kappa shape index (κ2) is 7.12. The Morgan fingerprint density at radius 2 is 1.88 bits per heavy atom. The number of carboxylic acids is 1. The Labute approximate surface area is 163 Å². The van der Waals surface area contributed by atoms with E-state index in [4.69, 9.17) is 27.9 Å². The molecule has 0 bridgehead atoms. The number of ether oxygens (including phenoxy) is 1. The molecule has 0 spiro atoms. The summed E-state index contributed by atoms with van der Waals surface area (Å²) in [4.78, 5) is 14.8. The van der Waals surface area contributed by atoms with Crippen LogP contribution in [0.5, 0.6) is 5.75 Å².